The first-order valence-corrected chi connectivity index (χ1v) is 9.53. The number of hydrogen-bond donors (Lipinski definition) is 2. The van der Waals surface area contributed by atoms with Gasteiger partial charge in [-0.2, -0.15) is 0 Å². The third-order valence-electron chi connectivity index (χ3n) is 4.92. The van der Waals surface area contributed by atoms with Gasteiger partial charge in [-0.1, -0.05) is 18.9 Å². The van der Waals surface area contributed by atoms with Gasteiger partial charge in [0.15, 0.2) is 23.1 Å². The van der Waals surface area contributed by atoms with Gasteiger partial charge in [0.25, 0.3) is 0 Å². The van der Waals surface area contributed by atoms with Crippen molar-refractivity contribution in [2.45, 2.75) is 32.1 Å². The Labute approximate surface area is 160 Å². The van der Waals surface area contributed by atoms with Crippen molar-refractivity contribution < 1.29 is 9.47 Å². The quantitative estimate of drug-likeness (QED) is 0.773. The number of nitrogens with zero attached hydrogens (tertiary/aromatic N) is 3. The highest BCUT2D eigenvalue weighted by molar-refractivity contribution is 5.74. The van der Waals surface area contributed by atoms with Crippen LogP contribution >= 0.6 is 0 Å². The lowest BCUT2D eigenvalue weighted by Gasteiger charge is -2.23. The molecular formula is C20H29N5O2. The molecule has 1 aliphatic heterocycles. The second-order valence-electron chi connectivity index (χ2n) is 6.73. The van der Waals surface area contributed by atoms with Crippen LogP contribution < -0.4 is 25.4 Å². The summed E-state index contributed by atoms with van der Waals surface area (Å²) in [6.45, 7) is 2.73. The molecule has 0 aliphatic carbocycles. The van der Waals surface area contributed by atoms with Gasteiger partial charge in [0.05, 0.1) is 14.2 Å². The average Bonchev–Trinajstić information content (AvgIpc) is 2.98. The number of nitrogen functional groups attached to an aromatic ring is 1. The van der Waals surface area contributed by atoms with Crippen molar-refractivity contribution in [3.63, 3.8) is 0 Å². The number of methoxy groups -OCH3 is 2. The van der Waals surface area contributed by atoms with E-state index in [2.05, 4.69) is 20.2 Å². The molecular weight excluding hydrogens is 342 g/mol. The van der Waals surface area contributed by atoms with Gasteiger partial charge in [0.2, 0.25) is 0 Å². The fourth-order valence-corrected chi connectivity index (χ4v) is 3.42. The van der Waals surface area contributed by atoms with Crippen LogP contribution in [0.15, 0.2) is 24.5 Å². The summed E-state index contributed by atoms with van der Waals surface area (Å²) < 4.78 is 10.6. The molecule has 3 rings (SSSR count). The molecule has 7 heteroatoms. The lowest BCUT2D eigenvalue weighted by molar-refractivity contribution is 0.354. The number of rotatable bonds is 7. The maximum absolute atomic E-state index is 6.36. The largest absolute Gasteiger partial charge is 0.493 e. The maximum Gasteiger partial charge on any atom is 0.160 e. The zero-order valence-electron chi connectivity index (χ0n) is 16.2. The second-order valence-corrected chi connectivity index (χ2v) is 6.73. The van der Waals surface area contributed by atoms with Crippen LogP contribution in [0.1, 0.15) is 31.2 Å². The molecule has 1 aliphatic rings. The summed E-state index contributed by atoms with van der Waals surface area (Å²) in [6, 6.07) is 5.95. The van der Waals surface area contributed by atoms with Crippen LogP contribution in [0, 0.1) is 0 Å². The molecule has 0 bridgehead atoms. The maximum atomic E-state index is 6.36. The Kier molecular flexibility index (Phi) is 6.57. The normalized spacial score (nSPS) is 14.5. The highest BCUT2D eigenvalue weighted by Crippen LogP contribution is 2.29. The zero-order valence-corrected chi connectivity index (χ0v) is 16.2. The molecule has 1 aromatic heterocycles. The van der Waals surface area contributed by atoms with Gasteiger partial charge in [-0.15, -0.1) is 0 Å². The summed E-state index contributed by atoms with van der Waals surface area (Å²) >= 11 is 0. The van der Waals surface area contributed by atoms with Crippen LogP contribution in [0.2, 0.25) is 0 Å². The minimum atomic E-state index is 0.631. The standard InChI is InChI=1S/C20H29N5O2/c1-26-16-8-7-15(13-17(16)27-2)9-10-22-19-18(21)20(24-14-23-19)25-11-5-3-4-6-12-25/h7-8,13-14H,3-6,9-12,21H2,1-2H3,(H,22,23,24). The Morgan fingerprint density at radius 2 is 1.78 bits per heavy atom. The molecule has 0 saturated carbocycles. The van der Waals surface area contributed by atoms with E-state index in [-0.39, 0.29) is 0 Å². The van der Waals surface area contributed by atoms with Crippen molar-refractivity contribution in [3.8, 4) is 11.5 Å². The molecule has 0 atom stereocenters. The molecule has 146 valence electrons. The monoisotopic (exact) mass is 371 g/mol. The number of benzene rings is 1. The number of aromatic nitrogens is 2. The predicted octanol–water partition coefficient (Wildman–Crippen LogP) is 3.11. The van der Waals surface area contributed by atoms with Crippen LogP contribution in [0.3, 0.4) is 0 Å². The van der Waals surface area contributed by atoms with Gasteiger partial charge >= 0.3 is 0 Å². The van der Waals surface area contributed by atoms with Crippen molar-refractivity contribution >= 4 is 17.3 Å². The van der Waals surface area contributed by atoms with Crippen LogP contribution in [0.5, 0.6) is 11.5 Å². The fourth-order valence-electron chi connectivity index (χ4n) is 3.42. The molecule has 7 nitrogen and oxygen atoms in total. The molecule has 1 saturated heterocycles. The first-order valence-electron chi connectivity index (χ1n) is 9.53. The van der Waals surface area contributed by atoms with Gasteiger partial charge in [-0.05, 0) is 37.0 Å². The van der Waals surface area contributed by atoms with Crippen molar-refractivity contribution in [2.75, 3.05) is 49.8 Å². The van der Waals surface area contributed by atoms with E-state index in [9.17, 15) is 0 Å². The molecule has 0 amide bonds. The van der Waals surface area contributed by atoms with E-state index in [0.717, 1.165) is 48.9 Å². The Bertz CT molecular complexity index is 745. The van der Waals surface area contributed by atoms with E-state index in [0.29, 0.717) is 11.5 Å². The lowest BCUT2D eigenvalue weighted by atomic mass is 10.1. The molecule has 0 spiro atoms. The number of nitrogens with two attached hydrogens (primary N) is 1. The van der Waals surface area contributed by atoms with E-state index >= 15 is 0 Å². The van der Waals surface area contributed by atoms with E-state index < -0.39 is 0 Å². The third-order valence-corrected chi connectivity index (χ3v) is 4.92. The summed E-state index contributed by atoms with van der Waals surface area (Å²) in [4.78, 5) is 11.0. The number of hydrogen-bond acceptors (Lipinski definition) is 7. The zero-order chi connectivity index (χ0) is 19.1. The summed E-state index contributed by atoms with van der Waals surface area (Å²) in [5.74, 6) is 3.02. The topological polar surface area (TPSA) is 85.5 Å². The summed E-state index contributed by atoms with van der Waals surface area (Å²) in [5.41, 5.74) is 8.15. The first kappa shape index (κ1) is 19.1. The third kappa shape index (κ3) is 4.72. The highest BCUT2D eigenvalue weighted by Gasteiger charge is 2.16. The molecule has 2 heterocycles. The smallest absolute Gasteiger partial charge is 0.160 e. The summed E-state index contributed by atoms with van der Waals surface area (Å²) in [7, 11) is 3.28. The van der Waals surface area contributed by atoms with E-state index in [1.54, 1.807) is 20.5 Å². The summed E-state index contributed by atoms with van der Waals surface area (Å²) in [6.07, 6.45) is 7.34. The van der Waals surface area contributed by atoms with E-state index in [1.165, 1.54) is 25.7 Å². The van der Waals surface area contributed by atoms with Gasteiger partial charge in [-0.25, -0.2) is 9.97 Å². The summed E-state index contributed by atoms with van der Waals surface area (Å²) in [5, 5.41) is 3.35. The SMILES string of the molecule is COc1ccc(CCNc2ncnc(N3CCCCCC3)c2N)cc1OC. The van der Waals surface area contributed by atoms with E-state index in [4.69, 9.17) is 15.2 Å². The number of ether oxygens (including phenoxy) is 2. The Morgan fingerprint density at radius 3 is 2.48 bits per heavy atom. The van der Waals surface area contributed by atoms with Crippen LogP contribution in [-0.4, -0.2) is 43.8 Å². The predicted molar refractivity (Wildman–Crippen MR) is 109 cm³/mol. The van der Waals surface area contributed by atoms with Gasteiger partial charge in [-0.3, -0.25) is 0 Å². The van der Waals surface area contributed by atoms with Gasteiger partial charge in [0.1, 0.15) is 12.0 Å². The van der Waals surface area contributed by atoms with Crippen molar-refractivity contribution in [1.29, 1.82) is 0 Å². The molecule has 2 aromatic rings. The van der Waals surface area contributed by atoms with Crippen molar-refractivity contribution in [1.82, 2.24) is 9.97 Å². The first-order chi connectivity index (χ1) is 13.2. The van der Waals surface area contributed by atoms with Gasteiger partial charge in [0, 0.05) is 19.6 Å². The minimum Gasteiger partial charge on any atom is -0.493 e. The van der Waals surface area contributed by atoms with Crippen LogP contribution in [0.4, 0.5) is 17.3 Å². The molecule has 0 unspecified atom stereocenters. The molecule has 0 radical (unpaired) electrons. The number of anilines is 3. The van der Waals surface area contributed by atoms with Crippen molar-refractivity contribution in [2.24, 2.45) is 0 Å². The fraction of sp³-hybridized carbons (Fsp3) is 0.500. The Hall–Kier alpha value is -2.70. The highest BCUT2D eigenvalue weighted by atomic mass is 16.5. The molecule has 1 aromatic carbocycles. The van der Waals surface area contributed by atoms with Crippen LogP contribution in [-0.2, 0) is 6.42 Å². The van der Waals surface area contributed by atoms with Crippen molar-refractivity contribution in [3.05, 3.63) is 30.1 Å². The molecule has 27 heavy (non-hydrogen) atoms. The number of nitrogens with one attached hydrogen (secondary N) is 1. The molecule has 1 fully saturated rings. The van der Waals surface area contributed by atoms with E-state index in [1.807, 2.05) is 18.2 Å². The van der Waals surface area contributed by atoms with Gasteiger partial charge < -0.3 is 25.4 Å². The molecule has 3 N–H and O–H groups in total. The second kappa shape index (κ2) is 9.30. The van der Waals surface area contributed by atoms with Crippen LogP contribution in [0.25, 0.3) is 0 Å². The Balaban J connectivity index is 1.63. The Morgan fingerprint density at radius 1 is 1.04 bits per heavy atom. The lowest BCUT2D eigenvalue weighted by Crippen LogP contribution is -2.26. The minimum absolute atomic E-state index is 0.631. The average molecular weight is 371 g/mol.